The molecule has 0 aromatic heterocycles. The molecule has 1 aliphatic rings. The van der Waals surface area contributed by atoms with Gasteiger partial charge in [0.15, 0.2) is 0 Å². The summed E-state index contributed by atoms with van der Waals surface area (Å²) in [7, 11) is 0. The molecule has 1 heterocycles. The van der Waals surface area contributed by atoms with Gasteiger partial charge in [-0.15, -0.1) is 0 Å². The summed E-state index contributed by atoms with van der Waals surface area (Å²) in [6.07, 6.45) is 2.08. The Balaban J connectivity index is 3.01. The predicted molar refractivity (Wildman–Crippen MR) is 81.2 cm³/mol. The second kappa shape index (κ2) is 7.09. The second-order valence-corrected chi connectivity index (χ2v) is 6.59. The van der Waals surface area contributed by atoms with E-state index in [1.807, 2.05) is 32.6 Å². The van der Waals surface area contributed by atoms with Gasteiger partial charge in [0.25, 0.3) is 0 Å². The van der Waals surface area contributed by atoms with Crippen LogP contribution in [0.25, 0.3) is 0 Å². The van der Waals surface area contributed by atoms with Crippen molar-refractivity contribution in [2.45, 2.75) is 66.5 Å². The number of carbonyl (C=O) groups is 2. The zero-order valence-corrected chi connectivity index (χ0v) is 13.8. The van der Waals surface area contributed by atoms with Crippen molar-refractivity contribution in [3.05, 3.63) is 0 Å². The summed E-state index contributed by atoms with van der Waals surface area (Å²) in [6.45, 7) is 13.0. The smallest absolute Gasteiger partial charge is 0.246 e. The molecule has 1 N–H and O–H groups in total. The highest BCUT2D eigenvalue weighted by atomic mass is 16.2. The minimum atomic E-state index is -0.369. The fraction of sp³-hybridized carbons (Fsp3) is 0.875. The van der Waals surface area contributed by atoms with Crippen molar-refractivity contribution in [1.82, 2.24) is 10.2 Å². The molecule has 0 bridgehead atoms. The quantitative estimate of drug-likeness (QED) is 0.813. The third-order valence-corrected chi connectivity index (χ3v) is 4.36. The van der Waals surface area contributed by atoms with E-state index < -0.39 is 0 Å². The van der Waals surface area contributed by atoms with Gasteiger partial charge in [-0.25, -0.2) is 0 Å². The van der Waals surface area contributed by atoms with E-state index in [0.717, 1.165) is 12.8 Å². The molecule has 4 heteroatoms. The number of hydrogen-bond acceptors (Lipinski definition) is 2. The van der Waals surface area contributed by atoms with Crippen LogP contribution in [-0.4, -0.2) is 35.3 Å². The average molecular weight is 282 g/mol. The first-order valence-corrected chi connectivity index (χ1v) is 7.94. The van der Waals surface area contributed by atoms with Gasteiger partial charge < -0.3 is 10.2 Å². The van der Waals surface area contributed by atoms with E-state index in [4.69, 9.17) is 0 Å². The first kappa shape index (κ1) is 17.0. The van der Waals surface area contributed by atoms with Gasteiger partial charge in [-0.1, -0.05) is 54.4 Å². The molecule has 4 nitrogen and oxygen atoms in total. The van der Waals surface area contributed by atoms with Crippen LogP contribution in [0.2, 0.25) is 0 Å². The van der Waals surface area contributed by atoms with Crippen molar-refractivity contribution in [3.8, 4) is 0 Å². The number of amides is 2. The van der Waals surface area contributed by atoms with Crippen LogP contribution in [0.3, 0.4) is 0 Å². The number of rotatable bonds is 6. The van der Waals surface area contributed by atoms with Crippen molar-refractivity contribution < 1.29 is 9.59 Å². The Morgan fingerprint density at radius 1 is 1.05 bits per heavy atom. The van der Waals surface area contributed by atoms with Crippen LogP contribution in [0.1, 0.15) is 54.4 Å². The molecule has 0 radical (unpaired) electrons. The third kappa shape index (κ3) is 3.53. The first-order valence-electron chi connectivity index (χ1n) is 7.94. The number of piperazine rings is 1. The van der Waals surface area contributed by atoms with E-state index in [0.29, 0.717) is 12.5 Å². The van der Waals surface area contributed by atoms with E-state index in [1.165, 1.54) is 0 Å². The highest BCUT2D eigenvalue weighted by Gasteiger charge is 2.43. The van der Waals surface area contributed by atoms with Crippen molar-refractivity contribution in [2.24, 2.45) is 17.8 Å². The summed E-state index contributed by atoms with van der Waals surface area (Å²) >= 11 is 0. The van der Waals surface area contributed by atoms with Gasteiger partial charge in [-0.3, -0.25) is 9.59 Å². The monoisotopic (exact) mass is 282 g/mol. The number of hydrogen-bond donors (Lipinski definition) is 1. The SMILES string of the molecule is CCC(CC)CN1C(=O)C(C(C)C)NC(=O)C1C(C)C. The molecule has 1 saturated heterocycles. The van der Waals surface area contributed by atoms with Gasteiger partial charge in [0.1, 0.15) is 12.1 Å². The minimum Gasteiger partial charge on any atom is -0.342 e. The third-order valence-electron chi connectivity index (χ3n) is 4.36. The molecule has 0 saturated carbocycles. The Bertz CT molecular complexity index is 348. The van der Waals surface area contributed by atoms with Crippen LogP contribution in [0.15, 0.2) is 0 Å². The van der Waals surface area contributed by atoms with Gasteiger partial charge in [0.2, 0.25) is 11.8 Å². The normalized spacial score (nSPS) is 23.9. The molecule has 0 spiro atoms. The van der Waals surface area contributed by atoms with Gasteiger partial charge in [0, 0.05) is 6.54 Å². The maximum atomic E-state index is 12.7. The molecule has 2 atom stereocenters. The van der Waals surface area contributed by atoms with E-state index in [1.54, 1.807) is 0 Å². The molecule has 0 aromatic rings. The predicted octanol–water partition coefficient (Wildman–Crippen LogP) is 2.43. The molecule has 0 aromatic carbocycles. The zero-order chi connectivity index (χ0) is 15.4. The molecule has 2 unspecified atom stereocenters. The highest BCUT2D eigenvalue weighted by Crippen LogP contribution is 2.23. The maximum Gasteiger partial charge on any atom is 0.246 e. The summed E-state index contributed by atoms with van der Waals surface area (Å²) in [4.78, 5) is 26.9. The van der Waals surface area contributed by atoms with Crippen LogP contribution in [-0.2, 0) is 9.59 Å². The van der Waals surface area contributed by atoms with Gasteiger partial charge in [-0.2, -0.15) is 0 Å². The van der Waals surface area contributed by atoms with Crippen molar-refractivity contribution in [1.29, 1.82) is 0 Å². The van der Waals surface area contributed by atoms with Crippen LogP contribution >= 0.6 is 0 Å². The molecule has 20 heavy (non-hydrogen) atoms. The Hall–Kier alpha value is -1.06. The van der Waals surface area contributed by atoms with Gasteiger partial charge in [0.05, 0.1) is 0 Å². The molecule has 0 aliphatic carbocycles. The first-order chi connectivity index (χ1) is 9.33. The van der Waals surface area contributed by atoms with Crippen molar-refractivity contribution in [2.75, 3.05) is 6.54 Å². The Morgan fingerprint density at radius 3 is 2.00 bits per heavy atom. The highest BCUT2D eigenvalue weighted by molar-refractivity contribution is 5.97. The summed E-state index contributed by atoms with van der Waals surface area (Å²) in [5, 5.41) is 2.91. The fourth-order valence-corrected chi connectivity index (χ4v) is 2.90. The summed E-state index contributed by atoms with van der Waals surface area (Å²) < 4.78 is 0. The maximum absolute atomic E-state index is 12.7. The van der Waals surface area contributed by atoms with Crippen LogP contribution in [0, 0.1) is 17.8 Å². The largest absolute Gasteiger partial charge is 0.342 e. The molecule has 116 valence electrons. The van der Waals surface area contributed by atoms with E-state index in [-0.39, 0.29) is 35.7 Å². The minimum absolute atomic E-state index is 0.00394. The van der Waals surface area contributed by atoms with Crippen molar-refractivity contribution >= 4 is 11.8 Å². The van der Waals surface area contributed by atoms with Crippen LogP contribution in [0.4, 0.5) is 0 Å². The van der Waals surface area contributed by atoms with Crippen LogP contribution in [0.5, 0.6) is 0 Å². The molecule has 1 aliphatic heterocycles. The lowest BCUT2D eigenvalue weighted by Gasteiger charge is -2.43. The molecular weight excluding hydrogens is 252 g/mol. The lowest BCUT2D eigenvalue weighted by molar-refractivity contribution is -0.153. The lowest BCUT2D eigenvalue weighted by atomic mass is 9.91. The van der Waals surface area contributed by atoms with Crippen LogP contribution < -0.4 is 5.32 Å². The van der Waals surface area contributed by atoms with Gasteiger partial charge in [-0.05, 0) is 17.8 Å². The average Bonchev–Trinajstić information content (AvgIpc) is 2.38. The molecule has 1 fully saturated rings. The molecular formula is C16H30N2O2. The van der Waals surface area contributed by atoms with E-state index in [9.17, 15) is 9.59 Å². The van der Waals surface area contributed by atoms with Gasteiger partial charge >= 0.3 is 0 Å². The lowest BCUT2D eigenvalue weighted by Crippen LogP contribution is -2.66. The van der Waals surface area contributed by atoms with E-state index >= 15 is 0 Å². The number of carbonyl (C=O) groups excluding carboxylic acids is 2. The van der Waals surface area contributed by atoms with Crippen molar-refractivity contribution in [3.63, 3.8) is 0 Å². The second-order valence-electron chi connectivity index (χ2n) is 6.59. The summed E-state index contributed by atoms with van der Waals surface area (Å²) in [5.41, 5.74) is 0. The summed E-state index contributed by atoms with van der Waals surface area (Å²) in [5.74, 6) is 0.832. The standard InChI is InChI=1S/C16H30N2O2/c1-7-12(8-2)9-18-14(11(5)6)15(19)17-13(10(3)4)16(18)20/h10-14H,7-9H2,1-6H3,(H,17,19). The molecule has 1 rings (SSSR count). The number of nitrogens with one attached hydrogen (secondary N) is 1. The molecule has 2 amide bonds. The summed E-state index contributed by atoms with van der Waals surface area (Å²) in [6, 6.07) is -0.690. The fourth-order valence-electron chi connectivity index (χ4n) is 2.90. The number of nitrogens with zero attached hydrogens (tertiary/aromatic N) is 1. The topological polar surface area (TPSA) is 49.4 Å². The Labute approximate surface area is 123 Å². The Kier molecular flexibility index (Phi) is 6.03. The van der Waals surface area contributed by atoms with E-state index in [2.05, 4.69) is 19.2 Å². The Morgan fingerprint density at radius 2 is 1.60 bits per heavy atom. The zero-order valence-electron chi connectivity index (χ0n) is 13.8.